The fraction of sp³-hybridized carbons (Fsp3) is 0.615. The van der Waals surface area contributed by atoms with Crippen molar-refractivity contribution in [1.29, 1.82) is 0 Å². The van der Waals surface area contributed by atoms with E-state index in [2.05, 4.69) is 17.2 Å². The van der Waals surface area contributed by atoms with Gasteiger partial charge >= 0.3 is 0 Å². The van der Waals surface area contributed by atoms with Gasteiger partial charge in [0, 0.05) is 25.3 Å². The first-order valence-electron chi connectivity index (χ1n) is 6.56. The minimum atomic E-state index is -3.45. The maximum absolute atomic E-state index is 12.5. The van der Waals surface area contributed by atoms with Gasteiger partial charge in [0.05, 0.1) is 0 Å². The zero-order valence-electron chi connectivity index (χ0n) is 11.6. The lowest BCUT2D eigenvalue weighted by atomic mass is 10.1. The van der Waals surface area contributed by atoms with E-state index in [1.807, 2.05) is 14.0 Å². The van der Waals surface area contributed by atoms with Crippen LogP contribution in [0.1, 0.15) is 25.8 Å². The summed E-state index contributed by atoms with van der Waals surface area (Å²) in [7, 11) is -1.61. The number of aromatic nitrogens is 1. The molecule has 6 heteroatoms. The minimum Gasteiger partial charge on any atom is -0.316 e. The molecule has 0 amide bonds. The van der Waals surface area contributed by atoms with Crippen molar-refractivity contribution in [2.75, 3.05) is 13.6 Å². The minimum absolute atomic E-state index is 0.0544. The maximum Gasteiger partial charge on any atom is 0.260 e. The highest BCUT2D eigenvalue weighted by Crippen LogP contribution is 2.28. The third-order valence-electron chi connectivity index (χ3n) is 3.48. The van der Waals surface area contributed by atoms with Gasteiger partial charge in [-0.1, -0.05) is 13.0 Å². The molecule has 2 atom stereocenters. The second kappa shape index (κ2) is 5.56. The van der Waals surface area contributed by atoms with Gasteiger partial charge < -0.3 is 5.32 Å². The summed E-state index contributed by atoms with van der Waals surface area (Å²) in [6.07, 6.45) is 2.53. The fourth-order valence-electron chi connectivity index (χ4n) is 2.59. The van der Waals surface area contributed by atoms with Crippen molar-refractivity contribution in [2.45, 2.75) is 37.9 Å². The molecule has 0 aliphatic carbocycles. The Morgan fingerprint density at radius 3 is 2.63 bits per heavy atom. The van der Waals surface area contributed by atoms with Gasteiger partial charge in [0.1, 0.15) is 0 Å². The van der Waals surface area contributed by atoms with E-state index in [4.69, 9.17) is 0 Å². The number of sulfonamides is 1. The van der Waals surface area contributed by atoms with E-state index < -0.39 is 10.0 Å². The van der Waals surface area contributed by atoms with Crippen LogP contribution in [0.3, 0.4) is 0 Å². The molecule has 1 aliphatic heterocycles. The van der Waals surface area contributed by atoms with Gasteiger partial charge in [-0.05, 0) is 37.9 Å². The van der Waals surface area contributed by atoms with Crippen LogP contribution in [-0.2, 0) is 16.6 Å². The summed E-state index contributed by atoms with van der Waals surface area (Å²) in [4.78, 5) is 4.10. The smallest absolute Gasteiger partial charge is 0.260 e. The van der Waals surface area contributed by atoms with Crippen molar-refractivity contribution in [2.24, 2.45) is 5.92 Å². The number of hydrogen-bond donors (Lipinski definition) is 1. The molecule has 2 unspecified atom stereocenters. The number of pyridine rings is 1. The third-order valence-corrected chi connectivity index (χ3v) is 5.37. The van der Waals surface area contributed by atoms with Gasteiger partial charge in [-0.3, -0.25) is 0 Å². The predicted octanol–water partition coefficient (Wildman–Crippen LogP) is 1.22. The van der Waals surface area contributed by atoms with Crippen LogP contribution in [0.15, 0.2) is 23.4 Å². The second-order valence-corrected chi connectivity index (χ2v) is 7.14. The molecular formula is C13H21N3O2S. The zero-order chi connectivity index (χ0) is 14.0. The van der Waals surface area contributed by atoms with Gasteiger partial charge in [0.2, 0.25) is 0 Å². The highest BCUT2D eigenvalue weighted by molar-refractivity contribution is 7.89. The van der Waals surface area contributed by atoms with Crippen LogP contribution in [0.25, 0.3) is 0 Å². The zero-order valence-corrected chi connectivity index (χ0v) is 12.4. The molecule has 2 rings (SSSR count). The summed E-state index contributed by atoms with van der Waals surface area (Å²) in [5, 5.41) is 3.16. The van der Waals surface area contributed by atoms with Crippen molar-refractivity contribution < 1.29 is 8.42 Å². The maximum atomic E-state index is 12.5. The fourth-order valence-corrected chi connectivity index (χ4v) is 4.27. The molecular weight excluding hydrogens is 262 g/mol. The number of nitrogens with zero attached hydrogens (tertiary/aromatic N) is 2. The molecule has 2 heterocycles. The van der Waals surface area contributed by atoms with Crippen molar-refractivity contribution in [1.82, 2.24) is 14.6 Å². The second-order valence-electron chi connectivity index (χ2n) is 5.30. The molecule has 19 heavy (non-hydrogen) atoms. The van der Waals surface area contributed by atoms with Crippen molar-refractivity contribution in [3.63, 3.8) is 0 Å². The van der Waals surface area contributed by atoms with E-state index in [0.717, 1.165) is 12.0 Å². The normalized spacial score (nSPS) is 24.8. The Labute approximate surface area is 115 Å². The largest absolute Gasteiger partial charge is 0.316 e. The molecule has 5 nitrogen and oxygen atoms in total. The van der Waals surface area contributed by atoms with Gasteiger partial charge in [0.15, 0.2) is 5.03 Å². The third kappa shape index (κ3) is 2.96. The molecule has 1 aromatic rings. The Morgan fingerprint density at radius 2 is 2.16 bits per heavy atom. The van der Waals surface area contributed by atoms with Crippen LogP contribution >= 0.6 is 0 Å². The average molecular weight is 283 g/mol. The lowest BCUT2D eigenvalue weighted by molar-refractivity contribution is 0.403. The molecule has 0 bridgehead atoms. The predicted molar refractivity (Wildman–Crippen MR) is 74.1 cm³/mol. The Morgan fingerprint density at radius 1 is 1.42 bits per heavy atom. The van der Waals surface area contributed by atoms with Crippen molar-refractivity contribution in [3.05, 3.63) is 23.9 Å². The van der Waals surface area contributed by atoms with Crippen LogP contribution in [-0.4, -0.2) is 37.3 Å². The summed E-state index contributed by atoms with van der Waals surface area (Å²) < 4.78 is 26.6. The van der Waals surface area contributed by atoms with E-state index in [-0.39, 0.29) is 11.1 Å². The summed E-state index contributed by atoms with van der Waals surface area (Å²) in [5.41, 5.74) is 0.976. The number of rotatable bonds is 4. The summed E-state index contributed by atoms with van der Waals surface area (Å²) in [6.45, 7) is 5.31. The molecule has 0 aromatic carbocycles. The van der Waals surface area contributed by atoms with Crippen LogP contribution in [0, 0.1) is 5.92 Å². The molecule has 1 aromatic heterocycles. The first kappa shape index (κ1) is 14.4. The van der Waals surface area contributed by atoms with E-state index in [0.29, 0.717) is 19.0 Å². The van der Waals surface area contributed by atoms with Crippen molar-refractivity contribution in [3.8, 4) is 0 Å². The summed E-state index contributed by atoms with van der Waals surface area (Å²) in [6, 6.07) is 3.46. The van der Waals surface area contributed by atoms with Crippen LogP contribution < -0.4 is 5.32 Å². The SMILES string of the molecule is CNCc1ccc(S(=O)(=O)N2CC(C)CC2C)nc1. The molecule has 1 saturated heterocycles. The highest BCUT2D eigenvalue weighted by atomic mass is 32.2. The summed E-state index contributed by atoms with van der Waals surface area (Å²) in [5.74, 6) is 0.410. The lowest BCUT2D eigenvalue weighted by Gasteiger charge is -2.20. The Bertz CT molecular complexity index is 527. The molecule has 0 radical (unpaired) electrons. The van der Waals surface area contributed by atoms with E-state index in [1.54, 1.807) is 22.6 Å². The van der Waals surface area contributed by atoms with Crippen LogP contribution in [0.5, 0.6) is 0 Å². The molecule has 0 saturated carbocycles. The standard InChI is InChI=1S/C13H21N3O2S/c1-10-6-11(2)16(9-10)19(17,18)13-5-4-12(7-14-3)8-15-13/h4-5,8,10-11,14H,6-7,9H2,1-3H3. The number of nitrogens with one attached hydrogen (secondary N) is 1. The first-order valence-corrected chi connectivity index (χ1v) is 8.00. The van der Waals surface area contributed by atoms with Crippen molar-refractivity contribution >= 4 is 10.0 Å². The Hall–Kier alpha value is -0.980. The topological polar surface area (TPSA) is 62.3 Å². The number of hydrogen-bond acceptors (Lipinski definition) is 4. The Balaban J connectivity index is 2.24. The van der Waals surface area contributed by atoms with Crippen LogP contribution in [0.2, 0.25) is 0 Å². The highest BCUT2D eigenvalue weighted by Gasteiger charge is 2.36. The monoisotopic (exact) mass is 283 g/mol. The molecule has 1 N–H and O–H groups in total. The van der Waals surface area contributed by atoms with E-state index >= 15 is 0 Å². The van der Waals surface area contributed by atoms with Crippen LogP contribution in [0.4, 0.5) is 0 Å². The van der Waals surface area contributed by atoms with E-state index in [9.17, 15) is 8.42 Å². The van der Waals surface area contributed by atoms with Gasteiger partial charge in [-0.25, -0.2) is 13.4 Å². The van der Waals surface area contributed by atoms with E-state index in [1.165, 1.54) is 0 Å². The van der Waals surface area contributed by atoms with Gasteiger partial charge in [-0.2, -0.15) is 4.31 Å². The van der Waals surface area contributed by atoms with Gasteiger partial charge in [-0.15, -0.1) is 0 Å². The molecule has 1 fully saturated rings. The summed E-state index contributed by atoms with van der Waals surface area (Å²) >= 11 is 0. The van der Waals surface area contributed by atoms with Gasteiger partial charge in [0.25, 0.3) is 10.0 Å². The quantitative estimate of drug-likeness (QED) is 0.902. The molecule has 0 spiro atoms. The molecule has 106 valence electrons. The lowest BCUT2D eigenvalue weighted by Crippen LogP contribution is -2.34. The first-order chi connectivity index (χ1) is 8.95. The Kier molecular flexibility index (Phi) is 4.23. The average Bonchev–Trinajstić information content (AvgIpc) is 2.70. The molecule has 1 aliphatic rings.